The Hall–Kier alpha value is -3.48. The monoisotopic (exact) mass is 549 g/mol. The van der Waals surface area contributed by atoms with E-state index in [1.54, 1.807) is 7.11 Å². The maximum absolute atomic E-state index is 13.7. The van der Waals surface area contributed by atoms with Crippen molar-refractivity contribution in [1.29, 1.82) is 0 Å². The fourth-order valence-corrected chi connectivity index (χ4v) is 8.47. The highest BCUT2D eigenvalue weighted by atomic mass is 16.5. The molecule has 10 rings (SSSR count). The van der Waals surface area contributed by atoms with Crippen molar-refractivity contribution in [2.75, 3.05) is 25.5 Å². The van der Waals surface area contributed by atoms with E-state index in [0.29, 0.717) is 22.8 Å². The highest BCUT2D eigenvalue weighted by Gasteiger charge is 2.67. The Morgan fingerprint density at radius 1 is 1.10 bits per heavy atom. The number of imidazole rings is 1. The zero-order chi connectivity index (χ0) is 27.5. The van der Waals surface area contributed by atoms with Crippen LogP contribution in [0.25, 0.3) is 33.5 Å². The summed E-state index contributed by atoms with van der Waals surface area (Å²) in [6.07, 6.45) is 10.5. The average molecular weight is 550 g/mol. The molecule has 1 unspecified atom stereocenters. The number of carbonyl (C=O) groups excluding carboxylic acids is 1. The number of likely N-dealkylation sites (tertiary alicyclic amines) is 1. The number of fused-ring (bicyclic) bond motifs is 2. The van der Waals surface area contributed by atoms with Gasteiger partial charge in [0.2, 0.25) is 0 Å². The number of aromatic nitrogens is 3. The molecule has 1 aliphatic heterocycles. The van der Waals surface area contributed by atoms with Gasteiger partial charge >= 0.3 is 0 Å². The Bertz CT molecular complexity index is 1720. The van der Waals surface area contributed by atoms with Gasteiger partial charge in [-0.3, -0.25) is 4.79 Å². The first kappa shape index (κ1) is 24.2. The summed E-state index contributed by atoms with van der Waals surface area (Å²) in [7, 11) is 3.77. The number of methoxy groups -OCH3 is 1. The Morgan fingerprint density at radius 2 is 1.93 bits per heavy atom. The molecule has 5 aliphatic carbocycles. The average Bonchev–Trinajstić information content (AvgIpc) is 3.84. The van der Waals surface area contributed by atoms with Crippen LogP contribution in [0.2, 0.25) is 0 Å². The molecule has 2 aromatic heterocycles. The van der Waals surface area contributed by atoms with Crippen LogP contribution in [-0.2, 0) is 13.6 Å². The van der Waals surface area contributed by atoms with Gasteiger partial charge in [-0.2, -0.15) is 0 Å². The fourth-order valence-electron chi connectivity index (χ4n) is 8.47. The topological polar surface area (TPSA) is 64.3 Å². The van der Waals surface area contributed by atoms with Gasteiger partial charge in [-0.05, 0) is 92.7 Å². The van der Waals surface area contributed by atoms with E-state index in [9.17, 15) is 4.79 Å². The van der Waals surface area contributed by atoms with Gasteiger partial charge in [0.25, 0.3) is 5.91 Å². The lowest BCUT2D eigenvalue weighted by molar-refractivity contribution is -0.0552. The molecule has 0 radical (unpaired) electrons. The Balaban J connectivity index is 1.09. The molecule has 4 aromatic rings. The normalized spacial score (nSPS) is 26.2. The van der Waals surface area contributed by atoms with Crippen LogP contribution in [0.1, 0.15) is 61.7 Å². The number of carbonyl (C=O) groups is 1. The second kappa shape index (κ2) is 8.52. The molecule has 41 heavy (non-hydrogen) atoms. The summed E-state index contributed by atoms with van der Waals surface area (Å²) in [6, 6.07) is 13.5. The van der Waals surface area contributed by atoms with E-state index in [1.165, 1.54) is 68.0 Å². The van der Waals surface area contributed by atoms with Crippen molar-refractivity contribution in [2.45, 2.75) is 64.0 Å². The van der Waals surface area contributed by atoms with E-state index in [0.717, 1.165) is 59.9 Å². The Kier molecular flexibility index (Phi) is 5.02. The maximum Gasteiger partial charge on any atom is 0.254 e. The number of benzene rings is 2. The van der Waals surface area contributed by atoms with E-state index < -0.39 is 0 Å². The second-order valence-electron chi connectivity index (χ2n) is 13.9. The molecule has 1 saturated heterocycles. The number of ether oxygens (including phenoxy) is 1. The number of aryl methyl sites for hydroxylation is 1. The van der Waals surface area contributed by atoms with Crippen molar-refractivity contribution in [1.82, 2.24) is 19.0 Å². The van der Waals surface area contributed by atoms with Gasteiger partial charge in [-0.1, -0.05) is 12.8 Å². The molecule has 5 saturated carbocycles. The quantitative estimate of drug-likeness (QED) is 0.261. The summed E-state index contributed by atoms with van der Waals surface area (Å²) in [5.41, 5.74) is 6.47. The SMILES string of the molecule is COc1cc(C(=O)N2CC34CC(CC23)C4)cc2nc(-c3cc4cc(NCCC5CC5)ccc4n3CC3CC3)n(C)c12. The molecule has 3 heterocycles. The summed E-state index contributed by atoms with van der Waals surface area (Å²) in [5, 5.41) is 4.89. The minimum atomic E-state index is 0.130. The second-order valence-corrected chi connectivity index (χ2v) is 13.9. The largest absolute Gasteiger partial charge is 0.494 e. The number of amides is 1. The third-order valence-electron chi connectivity index (χ3n) is 11.0. The lowest BCUT2D eigenvalue weighted by atomic mass is 9.63. The summed E-state index contributed by atoms with van der Waals surface area (Å²) < 4.78 is 10.5. The van der Waals surface area contributed by atoms with Crippen LogP contribution in [0, 0.1) is 23.2 Å². The summed E-state index contributed by atoms with van der Waals surface area (Å²) in [5.74, 6) is 4.26. The highest BCUT2D eigenvalue weighted by molar-refractivity contribution is 6.01. The molecule has 1 amide bonds. The number of nitrogens with zero attached hydrogens (tertiary/aromatic N) is 4. The first-order chi connectivity index (χ1) is 20.0. The van der Waals surface area contributed by atoms with Crippen molar-refractivity contribution in [3.63, 3.8) is 0 Å². The molecule has 6 aliphatic rings. The number of rotatable bonds is 9. The Labute approximate surface area is 240 Å². The predicted octanol–water partition coefficient (Wildman–Crippen LogP) is 6.45. The lowest BCUT2D eigenvalue weighted by Crippen LogP contribution is -2.64. The van der Waals surface area contributed by atoms with E-state index in [1.807, 2.05) is 12.1 Å². The zero-order valence-corrected chi connectivity index (χ0v) is 24.2. The smallest absolute Gasteiger partial charge is 0.254 e. The van der Waals surface area contributed by atoms with Crippen molar-refractivity contribution in [3.8, 4) is 17.3 Å². The Morgan fingerprint density at radius 3 is 2.68 bits per heavy atom. The molecule has 6 fully saturated rings. The molecular formula is C34H39N5O2. The fraction of sp³-hybridized carbons (Fsp3) is 0.529. The third kappa shape index (κ3) is 3.70. The van der Waals surface area contributed by atoms with Gasteiger partial charge in [0.1, 0.15) is 11.3 Å². The summed E-state index contributed by atoms with van der Waals surface area (Å²) in [4.78, 5) is 21.0. The van der Waals surface area contributed by atoms with Crippen LogP contribution in [0.4, 0.5) is 5.69 Å². The van der Waals surface area contributed by atoms with E-state index in [-0.39, 0.29) is 5.91 Å². The number of hydrogen-bond acceptors (Lipinski definition) is 4. The van der Waals surface area contributed by atoms with Crippen LogP contribution < -0.4 is 10.1 Å². The van der Waals surface area contributed by atoms with Crippen molar-refractivity contribution in [2.24, 2.45) is 30.2 Å². The van der Waals surface area contributed by atoms with Crippen LogP contribution in [-0.4, -0.2) is 51.2 Å². The molecular weight excluding hydrogens is 510 g/mol. The lowest BCUT2D eigenvalue weighted by Gasteiger charge is -2.56. The molecule has 1 spiro atoms. The molecule has 7 nitrogen and oxygen atoms in total. The number of anilines is 1. The zero-order valence-electron chi connectivity index (χ0n) is 24.2. The molecule has 7 heteroatoms. The molecule has 2 bridgehead atoms. The van der Waals surface area contributed by atoms with Crippen LogP contribution in [0.3, 0.4) is 0 Å². The maximum atomic E-state index is 13.7. The molecule has 212 valence electrons. The van der Waals surface area contributed by atoms with Gasteiger partial charge in [0.15, 0.2) is 5.82 Å². The van der Waals surface area contributed by atoms with Crippen LogP contribution >= 0.6 is 0 Å². The van der Waals surface area contributed by atoms with Crippen LogP contribution in [0.5, 0.6) is 5.75 Å². The minimum Gasteiger partial charge on any atom is -0.494 e. The number of nitrogens with one attached hydrogen (secondary N) is 1. The molecule has 2 aromatic carbocycles. The predicted molar refractivity (Wildman–Crippen MR) is 161 cm³/mol. The van der Waals surface area contributed by atoms with Gasteiger partial charge in [-0.15, -0.1) is 0 Å². The molecule has 1 atom stereocenters. The first-order valence-corrected chi connectivity index (χ1v) is 15.7. The summed E-state index contributed by atoms with van der Waals surface area (Å²) in [6.45, 7) is 2.97. The third-order valence-corrected chi connectivity index (χ3v) is 11.0. The number of hydrogen-bond donors (Lipinski definition) is 1. The first-order valence-electron chi connectivity index (χ1n) is 15.7. The van der Waals surface area contributed by atoms with Gasteiger partial charge in [0.05, 0.1) is 18.3 Å². The summed E-state index contributed by atoms with van der Waals surface area (Å²) >= 11 is 0. The van der Waals surface area contributed by atoms with E-state index in [2.05, 4.69) is 50.7 Å². The van der Waals surface area contributed by atoms with Gasteiger partial charge < -0.3 is 24.1 Å². The van der Waals surface area contributed by atoms with Crippen molar-refractivity contribution >= 4 is 33.5 Å². The van der Waals surface area contributed by atoms with E-state index >= 15 is 0 Å². The van der Waals surface area contributed by atoms with Crippen LogP contribution in [0.15, 0.2) is 36.4 Å². The van der Waals surface area contributed by atoms with Gasteiger partial charge in [0, 0.05) is 60.3 Å². The van der Waals surface area contributed by atoms with Gasteiger partial charge in [-0.25, -0.2) is 4.98 Å². The highest BCUT2D eigenvalue weighted by Crippen LogP contribution is 2.66. The van der Waals surface area contributed by atoms with Crippen molar-refractivity contribution < 1.29 is 9.53 Å². The van der Waals surface area contributed by atoms with Crippen molar-refractivity contribution in [3.05, 3.63) is 42.0 Å². The standard InChI is InChI=1S/C34H39N5O2/c1-37-31-26(13-24(15-29(31)41-2)33(40)39-19-34-16-22(17-34)11-30(34)39)36-32(37)28-14-23-12-25(35-10-9-20-3-4-20)7-8-27(23)38(28)18-21-5-6-21/h7-8,12-15,20-22,30,35H,3-6,9-11,16-19H2,1-2H3. The van der Waals surface area contributed by atoms with E-state index in [4.69, 9.17) is 9.72 Å². The molecule has 1 N–H and O–H groups in total. The minimum absolute atomic E-state index is 0.130.